The fourth-order valence-corrected chi connectivity index (χ4v) is 3.64. The fraction of sp³-hybridized carbons (Fsp3) is 0.800. The molecule has 1 rings (SSSR count). The third kappa shape index (κ3) is 4.57. The van der Waals surface area contributed by atoms with Crippen LogP contribution in [0, 0.1) is 17.8 Å². The number of carbonyl (C=O) groups excluding carboxylic acids is 1. The molecule has 1 aliphatic rings. The Hall–Kier alpha value is -1.83. The quantitative estimate of drug-likeness (QED) is 0.186. The molecular formula is C15H28N4O4. The van der Waals surface area contributed by atoms with Gasteiger partial charge < -0.3 is 27.0 Å². The molecule has 0 aromatic heterocycles. The molecule has 0 aromatic rings. The molecule has 5 atom stereocenters. The number of amides is 1. The van der Waals surface area contributed by atoms with Crippen molar-refractivity contribution in [3.05, 3.63) is 0 Å². The third-order valence-electron chi connectivity index (χ3n) is 4.72. The second-order valence-electron chi connectivity index (χ2n) is 6.17. The zero-order valence-electron chi connectivity index (χ0n) is 13.9. The Morgan fingerprint density at radius 2 is 1.87 bits per heavy atom. The number of guanidine groups is 1. The Morgan fingerprint density at radius 3 is 2.26 bits per heavy atom. The molecule has 7 N–H and O–H groups in total. The first kappa shape index (κ1) is 19.2. The summed E-state index contributed by atoms with van der Waals surface area (Å²) >= 11 is 0. The van der Waals surface area contributed by atoms with E-state index in [4.69, 9.17) is 11.5 Å². The fourth-order valence-electron chi connectivity index (χ4n) is 3.64. The highest BCUT2D eigenvalue weighted by molar-refractivity contribution is 5.76. The number of carboxylic acid groups (broad SMARTS) is 1. The molecule has 23 heavy (non-hydrogen) atoms. The smallest absolute Gasteiger partial charge is 0.309 e. The van der Waals surface area contributed by atoms with Gasteiger partial charge in [0.15, 0.2) is 5.96 Å². The van der Waals surface area contributed by atoms with E-state index in [1.807, 2.05) is 13.8 Å². The van der Waals surface area contributed by atoms with Gasteiger partial charge in [-0.2, -0.15) is 0 Å². The first-order valence-corrected chi connectivity index (χ1v) is 7.99. The van der Waals surface area contributed by atoms with E-state index in [0.29, 0.717) is 0 Å². The van der Waals surface area contributed by atoms with E-state index in [1.54, 1.807) is 0 Å². The van der Waals surface area contributed by atoms with Gasteiger partial charge in [-0.3, -0.25) is 9.59 Å². The number of aliphatic carboxylic acids is 1. The zero-order chi connectivity index (χ0) is 17.7. The molecule has 1 aliphatic carbocycles. The van der Waals surface area contributed by atoms with Crippen LogP contribution in [-0.2, 0) is 9.59 Å². The summed E-state index contributed by atoms with van der Waals surface area (Å²) in [6.07, 6.45) is 0.612. The molecule has 1 saturated carbocycles. The predicted molar refractivity (Wildman–Crippen MR) is 86.5 cm³/mol. The van der Waals surface area contributed by atoms with E-state index in [-0.39, 0.29) is 30.2 Å². The number of nitrogens with two attached hydrogens (primary N) is 2. The number of rotatable bonds is 7. The van der Waals surface area contributed by atoms with Gasteiger partial charge in [0.1, 0.15) is 0 Å². The summed E-state index contributed by atoms with van der Waals surface area (Å²) in [5.41, 5.74) is 10.9. The Labute approximate surface area is 136 Å². The Kier molecular flexibility index (Phi) is 6.80. The maximum atomic E-state index is 11.6. The second kappa shape index (κ2) is 8.14. The Morgan fingerprint density at radius 1 is 1.30 bits per heavy atom. The maximum Gasteiger partial charge on any atom is 0.309 e. The first-order chi connectivity index (χ1) is 10.7. The highest BCUT2D eigenvalue weighted by atomic mass is 16.4. The van der Waals surface area contributed by atoms with Crippen LogP contribution in [-0.4, -0.2) is 46.2 Å². The summed E-state index contributed by atoms with van der Waals surface area (Å²) in [5, 5.41) is 22.7. The van der Waals surface area contributed by atoms with Gasteiger partial charge in [-0.25, -0.2) is 4.99 Å². The van der Waals surface area contributed by atoms with Crippen molar-refractivity contribution in [1.82, 2.24) is 5.32 Å². The van der Waals surface area contributed by atoms with Gasteiger partial charge in [-0.1, -0.05) is 26.7 Å². The number of hydrogen-bond acceptors (Lipinski definition) is 4. The summed E-state index contributed by atoms with van der Waals surface area (Å²) in [6.45, 7) is 5.39. The minimum atomic E-state index is -1.11. The lowest BCUT2D eigenvalue weighted by Crippen LogP contribution is -2.51. The van der Waals surface area contributed by atoms with Gasteiger partial charge in [0, 0.05) is 18.9 Å². The Bertz CT molecular complexity index is 460. The summed E-state index contributed by atoms with van der Waals surface area (Å²) in [4.78, 5) is 27.1. The molecule has 0 spiro atoms. The van der Waals surface area contributed by atoms with Crippen LogP contribution in [0.5, 0.6) is 0 Å². The predicted octanol–water partition coefficient (Wildman–Crippen LogP) is -0.349. The SMILES string of the molecule is CCC(CC)[C@H](NC(C)=O)[C@@H]1[C@H](O)[C@@H](C(=O)O)C[C@H]1N=[13C]([15NH2])[15NH2]. The molecule has 0 saturated heterocycles. The van der Waals surface area contributed by atoms with E-state index in [2.05, 4.69) is 10.3 Å². The van der Waals surface area contributed by atoms with Gasteiger partial charge >= 0.3 is 5.97 Å². The van der Waals surface area contributed by atoms with Crippen LogP contribution in [0.4, 0.5) is 0 Å². The first-order valence-electron chi connectivity index (χ1n) is 7.99. The van der Waals surface area contributed by atoms with Crippen molar-refractivity contribution in [3.63, 3.8) is 0 Å². The average molecular weight is 331 g/mol. The monoisotopic (exact) mass is 331 g/mol. The van der Waals surface area contributed by atoms with E-state index >= 15 is 0 Å². The van der Waals surface area contributed by atoms with E-state index in [1.165, 1.54) is 6.92 Å². The van der Waals surface area contributed by atoms with Gasteiger partial charge in [-0.15, -0.1) is 0 Å². The van der Waals surface area contributed by atoms with Crippen LogP contribution in [0.15, 0.2) is 4.99 Å². The molecule has 0 aliphatic heterocycles. The van der Waals surface area contributed by atoms with Crippen LogP contribution >= 0.6 is 0 Å². The van der Waals surface area contributed by atoms with Crippen molar-refractivity contribution >= 4 is 17.8 Å². The van der Waals surface area contributed by atoms with E-state index in [0.717, 1.165) is 12.8 Å². The molecule has 8 heteroatoms. The Balaban J connectivity index is 3.23. The summed E-state index contributed by atoms with van der Waals surface area (Å²) in [5.74, 6) is -2.84. The average Bonchev–Trinajstić information content (AvgIpc) is 2.74. The van der Waals surface area contributed by atoms with Crippen LogP contribution in [0.2, 0.25) is 0 Å². The lowest BCUT2D eigenvalue weighted by atomic mass is 9.80. The normalized spacial score (nSPS) is 28.4. The van der Waals surface area contributed by atoms with Gasteiger partial charge in [-0.05, 0) is 12.3 Å². The van der Waals surface area contributed by atoms with Crippen molar-refractivity contribution in [1.29, 1.82) is 0 Å². The summed E-state index contributed by atoms with van der Waals surface area (Å²) < 4.78 is 0. The van der Waals surface area contributed by atoms with Gasteiger partial charge in [0.25, 0.3) is 0 Å². The molecular weight excluding hydrogens is 303 g/mol. The minimum Gasteiger partial charge on any atom is -0.481 e. The molecule has 132 valence electrons. The molecule has 0 heterocycles. The van der Waals surface area contributed by atoms with Gasteiger partial charge in [0.05, 0.1) is 18.1 Å². The number of carboxylic acids is 1. The largest absolute Gasteiger partial charge is 0.481 e. The number of aliphatic imine (C=N–C) groups is 1. The number of nitrogens with one attached hydrogen (secondary N) is 1. The minimum absolute atomic E-state index is 0.0998. The number of carbonyl (C=O) groups is 2. The molecule has 0 unspecified atom stereocenters. The maximum absolute atomic E-state index is 11.6. The number of hydrogen-bond donors (Lipinski definition) is 5. The van der Waals surface area contributed by atoms with Crippen molar-refractivity contribution in [3.8, 4) is 0 Å². The van der Waals surface area contributed by atoms with Crippen LogP contribution in [0.25, 0.3) is 0 Å². The molecule has 0 radical (unpaired) electrons. The molecule has 0 aromatic carbocycles. The number of aliphatic hydroxyl groups excluding tert-OH is 1. The lowest BCUT2D eigenvalue weighted by molar-refractivity contribution is -0.145. The highest BCUT2D eigenvalue weighted by Gasteiger charge is 2.50. The van der Waals surface area contributed by atoms with Crippen LogP contribution in [0.1, 0.15) is 40.0 Å². The van der Waals surface area contributed by atoms with Crippen molar-refractivity contribution in [2.24, 2.45) is 34.2 Å². The third-order valence-corrected chi connectivity index (χ3v) is 4.72. The van der Waals surface area contributed by atoms with Crippen molar-refractivity contribution in [2.75, 3.05) is 0 Å². The standard InChI is InChI=1S/C15H28N4O4/c1-4-8(5-2)12(18-7(3)20)11-10(19-15(16)17)6-9(13(11)21)14(22)23/h8-13,21H,4-6H2,1-3H3,(H,18,20)(H,22,23)(H4,16,17,19)/t9-,10+,11+,12-,13+/m0/s1/i15+1,16+1,17+1. The zero-order valence-corrected chi connectivity index (χ0v) is 13.9. The number of nitrogens with zero attached hydrogens (tertiary/aromatic N) is 1. The van der Waals surface area contributed by atoms with Gasteiger partial charge in [0.2, 0.25) is 5.91 Å². The van der Waals surface area contributed by atoms with E-state index < -0.39 is 30.0 Å². The second-order valence-corrected chi connectivity index (χ2v) is 6.17. The van der Waals surface area contributed by atoms with Crippen molar-refractivity contribution in [2.45, 2.75) is 58.2 Å². The highest BCUT2D eigenvalue weighted by Crippen LogP contribution is 2.39. The van der Waals surface area contributed by atoms with Crippen LogP contribution < -0.4 is 16.8 Å². The number of aliphatic hydroxyl groups is 1. The summed E-state index contributed by atoms with van der Waals surface area (Å²) in [7, 11) is 0. The molecule has 8 nitrogen and oxygen atoms in total. The van der Waals surface area contributed by atoms with Crippen LogP contribution in [0.3, 0.4) is 0 Å². The molecule has 1 amide bonds. The molecule has 0 bridgehead atoms. The summed E-state index contributed by atoms with van der Waals surface area (Å²) in [6, 6.07) is -0.913. The molecule has 1 fully saturated rings. The lowest BCUT2D eigenvalue weighted by Gasteiger charge is -2.35. The van der Waals surface area contributed by atoms with Crippen molar-refractivity contribution < 1.29 is 19.8 Å². The topological polar surface area (TPSA) is 151 Å². The van der Waals surface area contributed by atoms with E-state index in [9.17, 15) is 19.8 Å².